The van der Waals surface area contributed by atoms with E-state index in [0.29, 0.717) is 24.9 Å². The van der Waals surface area contributed by atoms with Gasteiger partial charge in [-0.2, -0.15) is 0 Å². The Morgan fingerprint density at radius 3 is 2.72 bits per heavy atom. The average molecular weight is 247 g/mol. The van der Waals surface area contributed by atoms with Gasteiger partial charge in [0.15, 0.2) is 0 Å². The summed E-state index contributed by atoms with van der Waals surface area (Å²) in [4.78, 5) is 0. The quantitative estimate of drug-likeness (QED) is 0.849. The topological polar surface area (TPSA) is 64.1 Å². The Bertz CT molecular complexity index is 514. The Kier molecular flexibility index (Phi) is 3.15. The molecule has 1 aliphatic rings. The van der Waals surface area contributed by atoms with Gasteiger partial charge in [0.2, 0.25) is 11.8 Å². The molecule has 2 aromatic heterocycles. The fraction of sp³-hybridized carbons (Fsp3) is 0.538. The molecule has 0 aromatic carbocycles. The first kappa shape index (κ1) is 11.5. The van der Waals surface area contributed by atoms with Crippen molar-refractivity contribution < 1.29 is 8.83 Å². The fourth-order valence-electron chi connectivity index (χ4n) is 1.83. The summed E-state index contributed by atoms with van der Waals surface area (Å²) in [5.74, 6) is 3.91. The molecule has 1 saturated carbocycles. The number of aryl methyl sites for hydroxylation is 1. The van der Waals surface area contributed by atoms with Gasteiger partial charge in [-0.1, -0.05) is 6.92 Å². The highest BCUT2D eigenvalue weighted by Gasteiger charge is 2.29. The minimum Gasteiger partial charge on any atom is -0.465 e. The number of nitrogens with one attached hydrogen (secondary N) is 1. The smallest absolute Gasteiger partial charge is 0.230 e. The molecule has 2 heterocycles. The van der Waals surface area contributed by atoms with Crippen molar-refractivity contribution in [2.75, 3.05) is 0 Å². The summed E-state index contributed by atoms with van der Waals surface area (Å²) < 4.78 is 11.2. The van der Waals surface area contributed by atoms with E-state index in [4.69, 9.17) is 8.83 Å². The number of nitrogens with zero attached hydrogens (tertiary/aromatic N) is 2. The lowest BCUT2D eigenvalue weighted by Gasteiger charge is -1.98. The molecule has 18 heavy (non-hydrogen) atoms. The Labute approximate surface area is 106 Å². The Hall–Kier alpha value is -1.62. The molecule has 0 amide bonds. The minimum absolute atomic E-state index is 0.517. The first-order chi connectivity index (χ1) is 8.85. The molecule has 0 unspecified atom stereocenters. The lowest BCUT2D eigenvalue weighted by Crippen LogP contribution is -2.12. The molecule has 5 heteroatoms. The third-order valence-corrected chi connectivity index (χ3v) is 3.05. The predicted octanol–water partition coefficient (Wildman–Crippen LogP) is 2.39. The van der Waals surface area contributed by atoms with Crippen LogP contribution in [0.5, 0.6) is 0 Å². The van der Waals surface area contributed by atoms with Crippen molar-refractivity contribution in [1.29, 1.82) is 0 Å². The van der Waals surface area contributed by atoms with Crippen LogP contribution in [-0.2, 0) is 19.5 Å². The van der Waals surface area contributed by atoms with Crippen molar-refractivity contribution in [2.45, 2.75) is 45.2 Å². The number of hydrogen-bond donors (Lipinski definition) is 1. The fourth-order valence-corrected chi connectivity index (χ4v) is 1.83. The van der Waals surface area contributed by atoms with E-state index in [0.717, 1.165) is 23.8 Å². The molecule has 2 aromatic rings. The van der Waals surface area contributed by atoms with Crippen molar-refractivity contribution in [1.82, 2.24) is 15.5 Å². The van der Waals surface area contributed by atoms with E-state index in [2.05, 4.69) is 22.4 Å². The Morgan fingerprint density at radius 1 is 1.17 bits per heavy atom. The SMILES string of the molecule is CCc1ccc(CNCc2nnc(C3CC3)o2)o1. The predicted molar refractivity (Wildman–Crippen MR) is 64.9 cm³/mol. The van der Waals surface area contributed by atoms with Crippen LogP contribution in [-0.4, -0.2) is 10.2 Å². The van der Waals surface area contributed by atoms with Crippen LogP contribution in [0.3, 0.4) is 0 Å². The van der Waals surface area contributed by atoms with Gasteiger partial charge in [0, 0.05) is 12.3 Å². The Balaban J connectivity index is 1.48. The van der Waals surface area contributed by atoms with Gasteiger partial charge < -0.3 is 14.2 Å². The number of rotatable bonds is 6. The van der Waals surface area contributed by atoms with Gasteiger partial charge in [0.05, 0.1) is 13.1 Å². The zero-order chi connectivity index (χ0) is 12.4. The van der Waals surface area contributed by atoms with Crippen LogP contribution in [0, 0.1) is 0 Å². The summed E-state index contributed by atoms with van der Waals surface area (Å²) in [5, 5.41) is 11.3. The van der Waals surface area contributed by atoms with Crippen molar-refractivity contribution >= 4 is 0 Å². The maximum Gasteiger partial charge on any atom is 0.230 e. The van der Waals surface area contributed by atoms with Crippen LogP contribution in [0.15, 0.2) is 21.0 Å². The molecule has 0 atom stereocenters. The highest BCUT2D eigenvalue weighted by atomic mass is 16.4. The molecule has 0 bridgehead atoms. The second-order valence-corrected chi connectivity index (χ2v) is 4.63. The van der Waals surface area contributed by atoms with Crippen LogP contribution >= 0.6 is 0 Å². The summed E-state index contributed by atoms with van der Waals surface area (Å²) >= 11 is 0. The normalized spacial score (nSPS) is 15.2. The molecule has 0 saturated heterocycles. The first-order valence-corrected chi connectivity index (χ1v) is 6.45. The molecule has 1 fully saturated rings. The minimum atomic E-state index is 0.517. The maximum absolute atomic E-state index is 5.60. The molecule has 0 radical (unpaired) electrons. The van der Waals surface area contributed by atoms with Crippen molar-refractivity contribution in [2.24, 2.45) is 0 Å². The molecule has 0 aliphatic heterocycles. The van der Waals surface area contributed by atoms with E-state index in [1.165, 1.54) is 12.8 Å². The summed E-state index contributed by atoms with van der Waals surface area (Å²) in [6, 6.07) is 4.00. The molecule has 3 rings (SSSR count). The molecule has 96 valence electrons. The zero-order valence-corrected chi connectivity index (χ0v) is 10.5. The van der Waals surface area contributed by atoms with Gasteiger partial charge in [0.25, 0.3) is 0 Å². The molecule has 1 aliphatic carbocycles. The maximum atomic E-state index is 5.60. The summed E-state index contributed by atoms with van der Waals surface area (Å²) in [6.45, 7) is 3.34. The lowest BCUT2D eigenvalue weighted by molar-refractivity contribution is 0.413. The van der Waals surface area contributed by atoms with E-state index < -0.39 is 0 Å². The third kappa shape index (κ3) is 2.61. The van der Waals surface area contributed by atoms with Crippen molar-refractivity contribution in [3.63, 3.8) is 0 Å². The van der Waals surface area contributed by atoms with Crippen molar-refractivity contribution in [3.05, 3.63) is 35.4 Å². The van der Waals surface area contributed by atoms with Crippen LogP contribution in [0.2, 0.25) is 0 Å². The van der Waals surface area contributed by atoms with Crippen molar-refractivity contribution in [3.8, 4) is 0 Å². The summed E-state index contributed by atoms with van der Waals surface area (Å²) in [6.07, 6.45) is 3.29. The largest absolute Gasteiger partial charge is 0.465 e. The van der Waals surface area contributed by atoms with E-state index in [1.54, 1.807) is 0 Å². The van der Waals surface area contributed by atoms with E-state index in [9.17, 15) is 0 Å². The molecule has 1 N–H and O–H groups in total. The van der Waals surface area contributed by atoms with Crippen LogP contribution < -0.4 is 5.32 Å². The van der Waals surface area contributed by atoms with Gasteiger partial charge in [-0.05, 0) is 25.0 Å². The molecule has 0 spiro atoms. The standard InChI is InChI=1S/C13H17N3O2/c1-2-10-5-6-11(17-10)7-14-8-12-15-16-13(18-12)9-3-4-9/h5-6,9,14H,2-4,7-8H2,1H3. The van der Waals surface area contributed by atoms with E-state index >= 15 is 0 Å². The van der Waals surface area contributed by atoms with Gasteiger partial charge in [-0.25, -0.2) is 0 Å². The van der Waals surface area contributed by atoms with Crippen LogP contribution in [0.1, 0.15) is 49.0 Å². The summed E-state index contributed by atoms with van der Waals surface area (Å²) in [5.41, 5.74) is 0. The summed E-state index contributed by atoms with van der Waals surface area (Å²) in [7, 11) is 0. The second kappa shape index (κ2) is 4.94. The third-order valence-electron chi connectivity index (χ3n) is 3.05. The van der Waals surface area contributed by atoms with E-state index in [1.807, 2.05) is 12.1 Å². The van der Waals surface area contributed by atoms with E-state index in [-0.39, 0.29) is 0 Å². The van der Waals surface area contributed by atoms with Gasteiger partial charge >= 0.3 is 0 Å². The lowest BCUT2D eigenvalue weighted by atomic mass is 10.3. The Morgan fingerprint density at radius 2 is 2.00 bits per heavy atom. The number of furan rings is 1. The van der Waals surface area contributed by atoms with Gasteiger partial charge in [0.1, 0.15) is 11.5 Å². The highest BCUT2D eigenvalue weighted by Crippen LogP contribution is 2.38. The monoisotopic (exact) mass is 247 g/mol. The second-order valence-electron chi connectivity index (χ2n) is 4.63. The van der Waals surface area contributed by atoms with Gasteiger partial charge in [-0.3, -0.25) is 0 Å². The number of hydrogen-bond acceptors (Lipinski definition) is 5. The molecular weight excluding hydrogens is 230 g/mol. The molecular formula is C13H17N3O2. The van der Waals surface area contributed by atoms with Gasteiger partial charge in [-0.15, -0.1) is 10.2 Å². The molecule has 5 nitrogen and oxygen atoms in total. The number of aromatic nitrogens is 2. The zero-order valence-electron chi connectivity index (χ0n) is 10.5. The average Bonchev–Trinajstić information content (AvgIpc) is 2.96. The highest BCUT2D eigenvalue weighted by molar-refractivity contribution is 5.06. The first-order valence-electron chi connectivity index (χ1n) is 6.45. The van der Waals surface area contributed by atoms with Crippen LogP contribution in [0.25, 0.3) is 0 Å². The van der Waals surface area contributed by atoms with Crippen LogP contribution in [0.4, 0.5) is 0 Å².